The fraction of sp³-hybridized carbons (Fsp3) is 0.167. The van der Waals surface area contributed by atoms with Gasteiger partial charge in [0.15, 0.2) is 0 Å². The Balaban J connectivity index is 0.00000133. The minimum absolute atomic E-state index is 0. The molecule has 0 bridgehead atoms. The lowest BCUT2D eigenvalue weighted by molar-refractivity contribution is 0.628. The highest BCUT2D eigenvalue weighted by atomic mass is 35.5. The van der Waals surface area contributed by atoms with Gasteiger partial charge in [0.05, 0.1) is 5.69 Å². The first-order valence-electron chi connectivity index (χ1n) is 5.49. The molecule has 0 saturated carbocycles. The van der Waals surface area contributed by atoms with Crippen molar-refractivity contribution in [3.05, 3.63) is 46.5 Å². The summed E-state index contributed by atoms with van der Waals surface area (Å²) in [5.74, 6) is 0.0481. The van der Waals surface area contributed by atoms with Crippen LogP contribution in [0.25, 0.3) is 0 Å². The van der Waals surface area contributed by atoms with Gasteiger partial charge < -0.3 is 10.6 Å². The summed E-state index contributed by atoms with van der Waals surface area (Å²) >= 11 is 5.78. The number of rotatable bonds is 2. The molecule has 1 aromatic heterocycles. The van der Waals surface area contributed by atoms with Crippen LogP contribution in [0.5, 0.6) is 0 Å². The van der Waals surface area contributed by atoms with Gasteiger partial charge in [-0.3, -0.25) is 0 Å². The number of fused-ring (bicyclic) bond motifs is 1. The van der Waals surface area contributed by atoms with Crippen molar-refractivity contribution in [3.8, 4) is 0 Å². The van der Waals surface area contributed by atoms with Gasteiger partial charge in [-0.1, -0.05) is 11.6 Å². The van der Waals surface area contributed by atoms with E-state index in [0.717, 1.165) is 24.3 Å². The molecule has 3 rings (SSSR count). The highest BCUT2D eigenvalue weighted by molar-refractivity contribution is 6.30. The molecule has 19 heavy (non-hydrogen) atoms. The first-order valence-corrected chi connectivity index (χ1v) is 5.87. The maximum Gasteiger partial charge on any atom is 0.227 e. The summed E-state index contributed by atoms with van der Waals surface area (Å²) in [5.41, 5.74) is 2.60. The van der Waals surface area contributed by atoms with Gasteiger partial charge in [-0.25, -0.2) is 14.4 Å². The molecule has 0 spiro atoms. The molecule has 0 fully saturated rings. The smallest absolute Gasteiger partial charge is 0.227 e. The van der Waals surface area contributed by atoms with Crippen LogP contribution in [0.1, 0.15) is 11.3 Å². The summed E-state index contributed by atoms with van der Waals surface area (Å²) in [4.78, 5) is 8.53. The van der Waals surface area contributed by atoms with Gasteiger partial charge in [0.25, 0.3) is 0 Å². The minimum Gasteiger partial charge on any atom is -0.324 e. The van der Waals surface area contributed by atoms with E-state index in [-0.39, 0.29) is 12.4 Å². The van der Waals surface area contributed by atoms with Gasteiger partial charge in [-0.05, 0) is 18.2 Å². The van der Waals surface area contributed by atoms with Crippen LogP contribution >= 0.6 is 24.0 Å². The standard InChI is InChI=1S/C12H10ClFN4.ClH/c13-8-1-9(14)3-10(2-8)17-12-16-5-7-4-15-6-11(7)18-12;/h1-3,5,15H,4,6H2,(H,16,17,18);1H. The van der Waals surface area contributed by atoms with Crippen molar-refractivity contribution >= 4 is 35.6 Å². The highest BCUT2D eigenvalue weighted by Gasteiger charge is 2.12. The molecule has 1 aliphatic rings. The predicted octanol–water partition coefficient (Wildman–Crippen LogP) is 3.04. The molecule has 0 amide bonds. The largest absolute Gasteiger partial charge is 0.324 e. The molecule has 2 N–H and O–H groups in total. The van der Waals surface area contributed by atoms with E-state index in [1.807, 2.05) is 0 Å². The van der Waals surface area contributed by atoms with Crippen molar-refractivity contribution < 1.29 is 4.39 Å². The summed E-state index contributed by atoms with van der Waals surface area (Å²) in [6.45, 7) is 1.53. The van der Waals surface area contributed by atoms with Crippen molar-refractivity contribution in [1.29, 1.82) is 0 Å². The number of anilines is 2. The van der Waals surface area contributed by atoms with E-state index in [9.17, 15) is 4.39 Å². The molecule has 1 aliphatic heterocycles. The van der Waals surface area contributed by atoms with Crippen LogP contribution in [0.3, 0.4) is 0 Å². The third-order valence-corrected chi connectivity index (χ3v) is 2.90. The summed E-state index contributed by atoms with van der Waals surface area (Å²) < 4.78 is 13.2. The van der Waals surface area contributed by atoms with Crippen LogP contribution in [0, 0.1) is 5.82 Å². The van der Waals surface area contributed by atoms with E-state index < -0.39 is 5.82 Å². The lowest BCUT2D eigenvalue weighted by Gasteiger charge is -2.06. The molecule has 2 heterocycles. The van der Waals surface area contributed by atoms with E-state index in [4.69, 9.17) is 11.6 Å². The first kappa shape index (κ1) is 14.0. The normalized spacial score (nSPS) is 12.7. The molecule has 0 atom stereocenters. The van der Waals surface area contributed by atoms with E-state index in [0.29, 0.717) is 16.7 Å². The van der Waals surface area contributed by atoms with E-state index in [1.54, 1.807) is 12.3 Å². The molecule has 0 aliphatic carbocycles. The van der Waals surface area contributed by atoms with Gasteiger partial charge in [-0.15, -0.1) is 12.4 Å². The number of benzene rings is 1. The first-order chi connectivity index (χ1) is 8.70. The van der Waals surface area contributed by atoms with Gasteiger partial charge in [0.2, 0.25) is 5.95 Å². The number of nitrogens with one attached hydrogen (secondary N) is 2. The zero-order valence-corrected chi connectivity index (χ0v) is 11.4. The van der Waals surface area contributed by atoms with Crippen molar-refractivity contribution in [3.63, 3.8) is 0 Å². The second-order valence-corrected chi connectivity index (χ2v) is 4.49. The molecule has 7 heteroatoms. The molecule has 0 radical (unpaired) electrons. The number of hydrogen-bond donors (Lipinski definition) is 2. The second kappa shape index (κ2) is 5.69. The SMILES string of the molecule is Cl.Fc1cc(Cl)cc(Nc2ncc3c(n2)CNC3)c1. The monoisotopic (exact) mass is 300 g/mol. The lowest BCUT2D eigenvalue weighted by Crippen LogP contribution is -2.01. The average Bonchev–Trinajstić information content (AvgIpc) is 2.74. The number of halogens is 3. The predicted molar refractivity (Wildman–Crippen MR) is 74.5 cm³/mol. The molecule has 0 saturated heterocycles. The zero-order valence-electron chi connectivity index (χ0n) is 9.78. The molecule has 0 unspecified atom stereocenters. The third-order valence-electron chi connectivity index (χ3n) is 2.68. The van der Waals surface area contributed by atoms with Gasteiger partial charge in [0.1, 0.15) is 5.82 Å². The van der Waals surface area contributed by atoms with Gasteiger partial charge >= 0.3 is 0 Å². The number of hydrogen-bond acceptors (Lipinski definition) is 4. The zero-order chi connectivity index (χ0) is 12.5. The van der Waals surface area contributed by atoms with Crippen LogP contribution < -0.4 is 10.6 Å². The Morgan fingerprint density at radius 3 is 2.89 bits per heavy atom. The molecule has 100 valence electrons. The summed E-state index contributed by atoms with van der Waals surface area (Å²) in [6, 6.07) is 4.22. The maximum atomic E-state index is 13.2. The molecule has 4 nitrogen and oxygen atoms in total. The number of aromatic nitrogens is 2. The van der Waals surface area contributed by atoms with E-state index in [2.05, 4.69) is 20.6 Å². The average molecular weight is 301 g/mol. The minimum atomic E-state index is -0.396. The Hall–Kier alpha value is -1.43. The van der Waals surface area contributed by atoms with Crippen molar-refractivity contribution in [2.24, 2.45) is 0 Å². The van der Waals surface area contributed by atoms with Gasteiger partial charge in [-0.2, -0.15) is 0 Å². The Labute approximate surface area is 120 Å². The topological polar surface area (TPSA) is 49.8 Å². The Morgan fingerprint density at radius 1 is 1.26 bits per heavy atom. The Morgan fingerprint density at radius 2 is 2.11 bits per heavy atom. The lowest BCUT2D eigenvalue weighted by atomic mass is 10.3. The summed E-state index contributed by atoms with van der Waals surface area (Å²) in [6.07, 6.45) is 1.77. The fourth-order valence-electron chi connectivity index (χ4n) is 1.87. The molecular formula is C12H11Cl2FN4. The Bertz CT molecular complexity index is 586. The van der Waals surface area contributed by atoms with Crippen molar-refractivity contribution in [2.45, 2.75) is 13.1 Å². The second-order valence-electron chi connectivity index (χ2n) is 4.05. The molecular weight excluding hydrogens is 290 g/mol. The number of nitrogens with zero attached hydrogens (tertiary/aromatic N) is 2. The van der Waals surface area contributed by atoms with Crippen LogP contribution in [0.4, 0.5) is 16.0 Å². The van der Waals surface area contributed by atoms with Crippen molar-refractivity contribution in [1.82, 2.24) is 15.3 Å². The molecule has 1 aromatic carbocycles. The Kier molecular flexibility index (Phi) is 4.19. The quantitative estimate of drug-likeness (QED) is 0.895. The summed E-state index contributed by atoms with van der Waals surface area (Å²) in [5, 5.41) is 6.46. The maximum absolute atomic E-state index is 13.2. The van der Waals surface area contributed by atoms with Crippen LogP contribution in [-0.4, -0.2) is 9.97 Å². The molecule has 2 aromatic rings. The van der Waals surface area contributed by atoms with Crippen LogP contribution in [0.2, 0.25) is 5.02 Å². The van der Waals surface area contributed by atoms with E-state index >= 15 is 0 Å². The third kappa shape index (κ3) is 3.12. The van der Waals surface area contributed by atoms with Crippen LogP contribution in [0.15, 0.2) is 24.4 Å². The van der Waals surface area contributed by atoms with Gasteiger partial charge in [0, 0.05) is 35.6 Å². The van der Waals surface area contributed by atoms with Crippen LogP contribution in [-0.2, 0) is 13.1 Å². The summed E-state index contributed by atoms with van der Waals surface area (Å²) in [7, 11) is 0. The van der Waals surface area contributed by atoms with E-state index in [1.165, 1.54) is 12.1 Å². The highest BCUT2D eigenvalue weighted by Crippen LogP contribution is 2.21. The van der Waals surface area contributed by atoms with Crippen molar-refractivity contribution in [2.75, 3.05) is 5.32 Å². The fourth-order valence-corrected chi connectivity index (χ4v) is 2.10.